The molecule has 84 valence electrons. The third-order valence-corrected chi connectivity index (χ3v) is 2.14. The topological polar surface area (TPSA) is 46.1 Å². The number of carbonyl (C=O) groups is 1. The van der Waals surface area contributed by atoms with Crippen LogP contribution in [0.2, 0.25) is 0 Å². The van der Waals surface area contributed by atoms with E-state index in [0.29, 0.717) is 6.54 Å². The van der Waals surface area contributed by atoms with Crippen LogP contribution in [0.15, 0.2) is 24.5 Å². The second-order valence-corrected chi connectivity index (χ2v) is 3.46. The summed E-state index contributed by atoms with van der Waals surface area (Å²) in [5.41, 5.74) is 0. The third-order valence-electron chi connectivity index (χ3n) is 2.14. The molecule has 0 fully saturated rings. The standard InChI is InChI=1S/C11H19N3O/c1-2-3-6-12-11(15)13-7-10-14-8-4-5-9-14/h4-5,8-9H,2-3,6-7,10H2,1H3,(H2,12,13,15). The minimum absolute atomic E-state index is 0.0735. The Kier molecular flexibility index (Phi) is 5.37. The minimum Gasteiger partial charge on any atom is -0.353 e. The smallest absolute Gasteiger partial charge is 0.314 e. The van der Waals surface area contributed by atoms with Crippen LogP contribution in [0.1, 0.15) is 19.8 Å². The molecular formula is C11H19N3O. The number of urea groups is 1. The molecule has 0 aromatic carbocycles. The molecule has 0 aliphatic carbocycles. The highest BCUT2D eigenvalue weighted by Crippen LogP contribution is 1.88. The van der Waals surface area contributed by atoms with Crippen molar-refractivity contribution in [1.82, 2.24) is 15.2 Å². The second kappa shape index (κ2) is 6.92. The lowest BCUT2D eigenvalue weighted by molar-refractivity contribution is 0.240. The lowest BCUT2D eigenvalue weighted by Gasteiger charge is -2.07. The molecule has 0 unspecified atom stereocenters. The predicted octanol–water partition coefficient (Wildman–Crippen LogP) is 1.59. The van der Waals surface area contributed by atoms with Gasteiger partial charge in [0.2, 0.25) is 0 Å². The van der Waals surface area contributed by atoms with Gasteiger partial charge in [0.05, 0.1) is 0 Å². The number of nitrogens with one attached hydrogen (secondary N) is 2. The van der Waals surface area contributed by atoms with Gasteiger partial charge >= 0.3 is 6.03 Å². The van der Waals surface area contributed by atoms with Gasteiger partial charge in [0.15, 0.2) is 0 Å². The summed E-state index contributed by atoms with van der Waals surface area (Å²) in [6, 6.07) is 3.87. The lowest BCUT2D eigenvalue weighted by atomic mass is 10.3. The monoisotopic (exact) mass is 209 g/mol. The van der Waals surface area contributed by atoms with Crippen molar-refractivity contribution in [1.29, 1.82) is 0 Å². The molecule has 1 rings (SSSR count). The number of amides is 2. The molecule has 4 heteroatoms. The first-order valence-electron chi connectivity index (χ1n) is 5.45. The summed E-state index contributed by atoms with van der Waals surface area (Å²) >= 11 is 0. The Bertz CT molecular complexity index is 269. The number of hydrogen-bond acceptors (Lipinski definition) is 1. The first-order chi connectivity index (χ1) is 7.33. The van der Waals surface area contributed by atoms with Crippen molar-refractivity contribution >= 4 is 6.03 Å². The molecule has 0 saturated carbocycles. The van der Waals surface area contributed by atoms with E-state index in [2.05, 4.69) is 17.6 Å². The van der Waals surface area contributed by atoms with E-state index in [-0.39, 0.29) is 6.03 Å². The zero-order chi connectivity index (χ0) is 10.9. The van der Waals surface area contributed by atoms with Crippen LogP contribution < -0.4 is 10.6 Å². The van der Waals surface area contributed by atoms with E-state index in [1.54, 1.807) is 0 Å². The number of hydrogen-bond donors (Lipinski definition) is 2. The molecule has 1 aromatic heterocycles. The second-order valence-electron chi connectivity index (χ2n) is 3.46. The van der Waals surface area contributed by atoms with Crippen LogP contribution >= 0.6 is 0 Å². The molecule has 1 aromatic rings. The molecule has 2 amide bonds. The van der Waals surface area contributed by atoms with Gasteiger partial charge in [-0.3, -0.25) is 0 Å². The maximum Gasteiger partial charge on any atom is 0.314 e. The molecule has 4 nitrogen and oxygen atoms in total. The van der Waals surface area contributed by atoms with Crippen LogP contribution in [0.5, 0.6) is 0 Å². The SMILES string of the molecule is CCCCNC(=O)NCCn1cccc1. The van der Waals surface area contributed by atoms with Crippen molar-refractivity contribution < 1.29 is 4.79 Å². The Morgan fingerprint density at radius 1 is 1.20 bits per heavy atom. The number of rotatable bonds is 6. The Labute approximate surface area is 90.7 Å². The first kappa shape index (κ1) is 11.6. The predicted molar refractivity (Wildman–Crippen MR) is 60.7 cm³/mol. The molecule has 0 aliphatic heterocycles. The fourth-order valence-corrected chi connectivity index (χ4v) is 1.26. The van der Waals surface area contributed by atoms with Gasteiger partial charge in [-0.05, 0) is 18.6 Å². The zero-order valence-corrected chi connectivity index (χ0v) is 9.20. The summed E-state index contributed by atoms with van der Waals surface area (Å²) in [5.74, 6) is 0. The summed E-state index contributed by atoms with van der Waals surface area (Å²) in [6.07, 6.45) is 6.10. The maximum atomic E-state index is 11.2. The molecule has 0 bridgehead atoms. The summed E-state index contributed by atoms with van der Waals surface area (Å²) in [6.45, 7) is 4.33. The largest absolute Gasteiger partial charge is 0.353 e. The maximum absolute atomic E-state index is 11.2. The summed E-state index contributed by atoms with van der Waals surface area (Å²) in [7, 11) is 0. The summed E-state index contributed by atoms with van der Waals surface area (Å²) < 4.78 is 2.03. The first-order valence-corrected chi connectivity index (χ1v) is 5.45. The van der Waals surface area contributed by atoms with E-state index in [9.17, 15) is 4.79 Å². The van der Waals surface area contributed by atoms with Crippen molar-refractivity contribution in [3.05, 3.63) is 24.5 Å². The number of unbranched alkanes of at least 4 members (excludes halogenated alkanes) is 1. The molecule has 1 heterocycles. The van der Waals surface area contributed by atoms with Gasteiger partial charge in [-0.25, -0.2) is 4.79 Å². The van der Waals surface area contributed by atoms with Gasteiger partial charge in [0.25, 0.3) is 0 Å². The van der Waals surface area contributed by atoms with Crippen molar-refractivity contribution in [3.8, 4) is 0 Å². The number of carbonyl (C=O) groups excluding carboxylic acids is 1. The quantitative estimate of drug-likeness (QED) is 0.687. The van der Waals surface area contributed by atoms with E-state index in [1.165, 1.54) is 0 Å². The highest BCUT2D eigenvalue weighted by molar-refractivity contribution is 5.73. The third kappa shape index (κ3) is 5.10. The van der Waals surface area contributed by atoms with Gasteiger partial charge in [-0.1, -0.05) is 13.3 Å². The van der Waals surface area contributed by atoms with Crippen LogP contribution in [0.4, 0.5) is 4.79 Å². The molecule has 0 radical (unpaired) electrons. The molecule has 0 atom stereocenters. The zero-order valence-electron chi connectivity index (χ0n) is 9.20. The van der Waals surface area contributed by atoms with E-state index in [0.717, 1.165) is 25.9 Å². The fraction of sp³-hybridized carbons (Fsp3) is 0.545. The minimum atomic E-state index is -0.0735. The van der Waals surface area contributed by atoms with Crippen molar-refractivity contribution in [2.24, 2.45) is 0 Å². The van der Waals surface area contributed by atoms with E-state index >= 15 is 0 Å². The van der Waals surface area contributed by atoms with Crippen molar-refractivity contribution in [3.63, 3.8) is 0 Å². The van der Waals surface area contributed by atoms with E-state index in [4.69, 9.17) is 0 Å². The van der Waals surface area contributed by atoms with Gasteiger partial charge in [0, 0.05) is 32.0 Å². The highest BCUT2D eigenvalue weighted by atomic mass is 16.2. The molecule has 2 N–H and O–H groups in total. The summed E-state index contributed by atoms with van der Waals surface area (Å²) in [4.78, 5) is 11.2. The van der Waals surface area contributed by atoms with Gasteiger partial charge in [-0.2, -0.15) is 0 Å². The number of aromatic nitrogens is 1. The molecule has 15 heavy (non-hydrogen) atoms. The van der Waals surface area contributed by atoms with Crippen molar-refractivity contribution in [2.45, 2.75) is 26.3 Å². The van der Waals surface area contributed by atoms with Crippen LogP contribution in [0.25, 0.3) is 0 Å². The summed E-state index contributed by atoms with van der Waals surface area (Å²) in [5, 5.41) is 5.61. The van der Waals surface area contributed by atoms with Crippen LogP contribution in [0, 0.1) is 0 Å². The Hall–Kier alpha value is -1.45. The fourth-order valence-electron chi connectivity index (χ4n) is 1.26. The normalized spacial score (nSPS) is 9.93. The average molecular weight is 209 g/mol. The van der Waals surface area contributed by atoms with Gasteiger partial charge in [0.1, 0.15) is 0 Å². The van der Waals surface area contributed by atoms with E-state index < -0.39 is 0 Å². The van der Waals surface area contributed by atoms with E-state index in [1.807, 2.05) is 29.1 Å². The van der Waals surface area contributed by atoms with Gasteiger partial charge < -0.3 is 15.2 Å². The van der Waals surface area contributed by atoms with Crippen LogP contribution in [0.3, 0.4) is 0 Å². The van der Waals surface area contributed by atoms with Crippen LogP contribution in [-0.2, 0) is 6.54 Å². The Balaban J connectivity index is 2.02. The van der Waals surface area contributed by atoms with Crippen molar-refractivity contribution in [2.75, 3.05) is 13.1 Å². The molecule has 0 spiro atoms. The lowest BCUT2D eigenvalue weighted by Crippen LogP contribution is -2.37. The number of nitrogens with zero attached hydrogens (tertiary/aromatic N) is 1. The molecule has 0 aliphatic rings. The van der Waals surface area contributed by atoms with Crippen LogP contribution in [-0.4, -0.2) is 23.7 Å². The van der Waals surface area contributed by atoms with Gasteiger partial charge in [-0.15, -0.1) is 0 Å². The molecular weight excluding hydrogens is 190 g/mol. The molecule has 0 saturated heterocycles. The average Bonchev–Trinajstić information content (AvgIpc) is 2.71. The Morgan fingerprint density at radius 3 is 2.53 bits per heavy atom. The Morgan fingerprint density at radius 2 is 1.87 bits per heavy atom. The highest BCUT2D eigenvalue weighted by Gasteiger charge is 1.97.